The second-order valence-electron chi connectivity index (χ2n) is 4.75. The fourth-order valence-corrected chi connectivity index (χ4v) is 3.29. The summed E-state index contributed by atoms with van der Waals surface area (Å²) in [5, 5.41) is 0. The van der Waals surface area contributed by atoms with Crippen LogP contribution in [0.5, 0.6) is 0 Å². The first-order valence-electron chi connectivity index (χ1n) is 6.50. The average molecular weight is 269 g/mol. The monoisotopic (exact) mass is 269 g/mol. The van der Waals surface area contributed by atoms with Gasteiger partial charge in [0.1, 0.15) is 0 Å². The molecule has 3 nitrogen and oxygen atoms in total. The van der Waals surface area contributed by atoms with Gasteiger partial charge in [-0.05, 0) is 36.5 Å². The first kappa shape index (κ1) is 15.2. The molecule has 0 radical (unpaired) electrons. The minimum Gasteiger partial charge on any atom is -0.327 e. The lowest BCUT2D eigenvalue weighted by molar-refractivity contribution is 0.551. The molecule has 0 aliphatic carbocycles. The van der Waals surface area contributed by atoms with E-state index in [1.165, 1.54) is 0 Å². The van der Waals surface area contributed by atoms with Crippen LogP contribution in [0.1, 0.15) is 45.1 Å². The molecule has 0 aromatic heterocycles. The third kappa shape index (κ3) is 3.56. The minimum absolute atomic E-state index is 0.114. The lowest BCUT2D eigenvalue weighted by Crippen LogP contribution is -2.25. The van der Waals surface area contributed by atoms with Crippen LogP contribution in [0.4, 0.5) is 0 Å². The Balaban J connectivity index is 2.93. The normalized spacial score (nSPS) is 15.3. The van der Waals surface area contributed by atoms with Crippen molar-refractivity contribution in [2.24, 2.45) is 5.73 Å². The predicted molar refractivity (Wildman–Crippen MR) is 75.5 cm³/mol. The third-order valence-electron chi connectivity index (χ3n) is 3.35. The topological polar surface area (TPSA) is 60.2 Å². The molecule has 18 heavy (non-hydrogen) atoms. The largest absolute Gasteiger partial charge is 0.327 e. The van der Waals surface area contributed by atoms with E-state index in [0.29, 0.717) is 11.3 Å². The highest BCUT2D eigenvalue weighted by atomic mass is 32.2. The van der Waals surface area contributed by atoms with Gasteiger partial charge in [-0.25, -0.2) is 8.42 Å². The molecule has 0 spiro atoms. The summed E-state index contributed by atoms with van der Waals surface area (Å²) in [6, 6.07) is 7.26. The van der Waals surface area contributed by atoms with E-state index < -0.39 is 9.84 Å². The molecule has 102 valence electrons. The molecule has 1 aromatic rings. The van der Waals surface area contributed by atoms with E-state index in [1.807, 2.05) is 19.1 Å². The van der Waals surface area contributed by atoms with Gasteiger partial charge in [0.15, 0.2) is 9.84 Å². The smallest absolute Gasteiger partial charge is 0.178 e. The maximum atomic E-state index is 11.9. The van der Waals surface area contributed by atoms with E-state index in [4.69, 9.17) is 5.73 Å². The Morgan fingerprint density at radius 2 is 1.72 bits per heavy atom. The van der Waals surface area contributed by atoms with E-state index in [1.54, 1.807) is 12.1 Å². The Morgan fingerprint density at radius 1 is 1.17 bits per heavy atom. The molecule has 0 saturated carbocycles. The van der Waals surface area contributed by atoms with Crippen molar-refractivity contribution in [1.82, 2.24) is 0 Å². The maximum absolute atomic E-state index is 11.9. The fourth-order valence-electron chi connectivity index (χ4n) is 1.97. The Labute approximate surface area is 110 Å². The van der Waals surface area contributed by atoms with Crippen LogP contribution in [0.2, 0.25) is 0 Å². The molecule has 1 aromatic carbocycles. The van der Waals surface area contributed by atoms with E-state index in [2.05, 4.69) is 13.8 Å². The van der Waals surface area contributed by atoms with Gasteiger partial charge in [0.05, 0.1) is 10.6 Å². The summed E-state index contributed by atoms with van der Waals surface area (Å²) in [6.07, 6.45) is 1.55. The fraction of sp³-hybridized carbons (Fsp3) is 0.571. The molecule has 0 amide bonds. The average Bonchev–Trinajstić information content (AvgIpc) is 2.37. The maximum Gasteiger partial charge on any atom is 0.178 e. The van der Waals surface area contributed by atoms with Gasteiger partial charge in [-0.1, -0.05) is 32.9 Å². The van der Waals surface area contributed by atoms with Gasteiger partial charge in [-0.15, -0.1) is 0 Å². The summed E-state index contributed by atoms with van der Waals surface area (Å²) >= 11 is 0. The Bertz CT molecular complexity index is 465. The quantitative estimate of drug-likeness (QED) is 0.863. The van der Waals surface area contributed by atoms with Crippen LogP contribution in [0.15, 0.2) is 29.2 Å². The Kier molecular flexibility index (Phi) is 5.35. The number of benzene rings is 1. The van der Waals surface area contributed by atoms with Crippen LogP contribution in [-0.4, -0.2) is 20.2 Å². The molecular weight excluding hydrogens is 246 g/mol. The molecule has 0 aliphatic rings. The summed E-state index contributed by atoms with van der Waals surface area (Å²) in [5.74, 6) is 0.453. The third-order valence-corrected chi connectivity index (χ3v) is 5.29. The number of hydrogen-bond donors (Lipinski definition) is 1. The molecular formula is C14H23NO2S. The highest BCUT2D eigenvalue weighted by molar-refractivity contribution is 7.91. The lowest BCUT2D eigenvalue weighted by Gasteiger charge is -2.18. The van der Waals surface area contributed by atoms with E-state index >= 15 is 0 Å². The van der Waals surface area contributed by atoms with Gasteiger partial charge in [-0.3, -0.25) is 0 Å². The Hall–Kier alpha value is -0.870. The lowest BCUT2D eigenvalue weighted by atomic mass is 9.92. The highest BCUT2D eigenvalue weighted by Gasteiger charge is 2.16. The summed E-state index contributed by atoms with van der Waals surface area (Å²) in [7, 11) is -3.11. The molecule has 0 heterocycles. The first-order valence-corrected chi connectivity index (χ1v) is 8.15. The summed E-state index contributed by atoms with van der Waals surface area (Å²) in [4.78, 5) is 0.408. The molecule has 0 bridgehead atoms. The molecule has 0 aliphatic heterocycles. The SMILES string of the molecule is CCCS(=O)(=O)c1ccc(C(C)C(N)CC)cc1. The van der Waals surface area contributed by atoms with Gasteiger partial charge >= 0.3 is 0 Å². The molecule has 2 unspecified atom stereocenters. The summed E-state index contributed by atoms with van der Waals surface area (Å²) in [6.45, 7) is 6.00. The van der Waals surface area contributed by atoms with Gasteiger partial charge in [0, 0.05) is 6.04 Å². The van der Waals surface area contributed by atoms with Crippen LogP contribution in [0.25, 0.3) is 0 Å². The Morgan fingerprint density at radius 3 is 2.17 bits per heavy atom. The van der Waals surface area contributed by atoms with Crippen molar-refractivity contribution in [3.8, 4) is 0 Å². The molecule has 4 heteroatoms. The van der Waals surface area contributed by atoms with Crippen molar-refractivity contribution in [3.63, 3.8) is 0 Å². The van der Waals surface area contributed by atoms with Crippen molar-refractivity contribution in [2.75, 3.05) is 5.75 Å². The standard InChI is InChI=1S/C14H23NO2S/c1-4-10-18(16,17)13-8-6-12(7-9-13)11(3)14(15)5-2/h6-9,11,14H,4-5,10,15H2,1-3H3. The summed E-state index contributed by atoms with van der Waals surface area (Å²) < 4.78 is 23.8. The van der Waals surface area contributed by atoms with Gasteiger partial charge in [-0.2, -0.15) is 0 Å². The van der Waals surface area contributed by atoms with Gasteiger partial charge < -0.3 is 5.73 Å². The predicted octanol–water partition coefficient (Wildman–Crippen LogP) is 2.71. The zero-order valence-corrected chi connectivity index (χ0v) is 12.2. The van der Waals surface area contributed by atoms with Crippen LogP contribution in [-0.2, 0) is 9.84 Å². The molecule has 2 N–H and O–H groups in total. The zero-order chi connectivity index (χ0) is 13.8. The van der Waals surface area contributed by atoms with E-state index in [0.717, 1.165) is 12.0 Å². The summed E-state index contributed by atoms with van der Waals surface area (Å²) in [5.41, 5.74) is 7.10. The minimum atomic E-state index is -3.11. The van der Waals surface area contributed by atoms with Crippen molar-refractivity contribution in [3.05, 3.63) is 29.8 Å². The molecule has 2 atom stereocenters. The van der Waals surface area contributed by atoms with Gasteiger partial charge in [0.2, 0.25) is 0 Å². The first-order chi connectivity index (χ1) is 8.42. The van der Waals surface area contributed by atoms with Gasteiger partial charge in [0.25, 0.3) is 0 Å². The molecule has 0 saturated heterocycles. The van der Waals surface area contributed by atoms with Crippen LogP contribution < -0.4 is 5.73 Å². The van der Waals surface area contributed by atoms with Crippen molar-refractivity contribution >= 4 is 9.84 Å². The van der Waals surface area contributed by atoms with Crippen molar-refractivity contribution in [2.45, 2.75) is 50.5 Å². The zero-order valence-electron chi connectivity index (χ0n) is 11.4. The second kappa shape index (κ2) is 6.34. The van der Waals surface area contributed by atoms with Crippen molar-refractivity contribution in [1.29, 1.82) is 0 Å². The van der Waals surface area contributed by atoms with Crippen molar-refractivity contribution < 1.29 is 8.42 Å². The number of nitrogens with two attached hydrogens (primary N) is 1. The van der Waals surface area contributed by atoms with E-state index in [9.17, 15) is 8.42 Å². The van der Waals surface area contributed by atoms with Crippen LogP contribution in [0, 0.1) is 0 Å². The van der Waals surface area contributed by atoms with E-state index in [-0.39, 0.29) is 17.7 Å². The van der Waals surface area contributed by atoms with Crippen LogP contribution >= 0.6 is 0 Å². The number of rotatable bonds is 6. The van der Waals surface area contributed by atoms with Crippen LogP contribution in [0.3, 0.4) is 0 Å². The highest BCUT2D eigenvalue weighted by Crippen LogP contribution is 2.22. The number of sulfone groups is 1. The molecule has 0 fully saturated rings. The second-order valence-corrected chi connectivity index (χ2v) is 6.86. The number of hydrogen-bond acceptors (Lipinski definition) is 3. The molecule has 1 rings (SSSR count).